The largest absolute Gasteiger partial charge is 0.315 e. The minimum Gasteiger partial charge on any atom is -0.315 e. The Morgan fingerprint density at radius 3 is 2.24 bits per heavy atom. The molecule has 98 valence electrons. The van der Waals surface area contributed by atoms with Crippen molar-refractivity contribution in [3.8, 4) is 0 Å². The Morgan fingerprint density at radius 1 is 1.29 bits per heavy atom. The molecule has 3 nitrogen and oxygen atoms in total. The van der Waals surface area contributed by atoms with Gasteiger partial charge in [-0.1, -0.05) is 27.7 Å². The molecule has 3 heteroatoms. The van der Waals surface area contributed by atoms with Gasteiger partial charge in [0.1, 0.15) is 0 Å². The molecule has 0 saturated carbocycles. The predicted octanol–water partition coefficient (Wildman–Crippen LogP) is 2.70. The third kappa shape index (κ3) is 3.09. The van der Waals surface area contributed by atoms with Crippen molar-refractivity contribution in [2.24, 2.45) is 5.41 Å². The van der Waals surface area contributed by atoms with Gasteiger partial charge in [0, 0.05) is 11.7 Å². The number of aryl methyl sites for hydroxylation is 1. The van der Waals surface area contributed by atoms with Crippen molar-refractivity contribution in [3.63, 3.8) is 0 Å². The van der Waals surface area contributed by atoms with Crippen LogP contribution in [-0.4, -0.2) is 22.9 Å². The van der Waals surface area contributed by atoms with Crippen LogP contribution >= 0.6 is 0 Å². The second kappa shape index (κ2) is 5.21. The van der Waals surface area contributed by atoms with Crippen LogP contribution in [0.15, 0.2) is 0 Å². The summed E-state index contributed by atoms with van der Waals surface area (Å²) in [4.78, 5) is 0. The Balaban J connectivity index is 2.95. The van der Waals surface area contributed by atoms with Crippen molar-refractivity contribution in [1.82, 2.24) is 15.1 Å². The quantitative estimate of drug-likeness (QED) is 0.872. The molecule has 17 heavy (non-hydrogen) atoms. The lowest BCUT2D eigenvalue weighted by Gasteiger charge is -2.30. The van der Waals surface area contributed by atoms with Gasteiger partial charge in [-0.05, 0) is 38.3 Å². The lowest BCUT2D eigenvalue weighted by molar-refractivity contribution is 0.246. The average Bonchev–Trinajstić information content (AvgIpc) is 2.48. The molecule has 0 aliphatic heterocycles. The van der Waals surface area contributed by atoms with E-state index in [-0.39, 0.29) is 5.41 Å². The summed E-state index contributed by atoms with van der Waals surface area (Å²) < 4.78 is 2.15. The van der Waals surface area contributed by atoms with Crippen LogP contribution in [0.3, 0.4) is 0 Å². The Labute approximate surface area is 106 Å². The second-order valence-electron chi connectivity index (χ2n) is 5.89. The third-order valence-corrected chi connectivity index (χ3v) is 3.63. The molecule has 1 heterocycles. The minimum atomic E-state index is 0.243. The van der Waals surface area contributed by atoms with E-state index in [1.807, 2.05) is 7.05 Å². The smallest absolute Gasteiger partial charge is 0.0628 e. The van der Waals surface area contributed by atoms with E-state index in [1.54, 1.807) is 0 Å². The highest BCUT2D eigenvalue weighted by atomic mass is 15.3. The molecular formula is C14H27N3. The van der Waals surface area contributed by atoms with E-state index in [0.29, 0.717) is 6.04 Å². The first kappa shape index (κ1) is 14.2. The number of hydrogen-bond acceptors (Lipinski definition) is 2. The van der Waals surface area contributed by atoms with Gasteiger partial charge >= 0.3 is 0 Å². The van der Waals surface area contributed by atoms with Gasteiger partial charge in [-0.25, -0.2) is 0 Å². The van der Waals surface area contributed by atoms with Crippen molar-refractivity contribution in [3.05, 3.63) is 17.0 Å². The highest BCUT2D eigenvalue weighted by molar-refractivity contribution is 5.24. The fourth-order valence-electron chi connectivity index (χ4n) is 2.39. The molecule has 1 rings (SSSR count). The van der Waals surface area contributed by atoms with E-state index in [1.165, 1.54) is 17.0 Å². The lowest BCUT2D eigenvalue weighted by Crippen LogP contribution is -2.41. The zero-order chi connectivity index (χ0) is 13.2. The molecule has 0 radical (unpaired) electrons. The molecule has 0 aliphatic rings. The van der Waals surface area contributed by atoms with Crippen LogP contribution in [0.2, 0.25) is 0 Å². The number of nitrogens with zero attached hydrogens (tertiary/aromatic N) is 2. The van der Waals surface area contributed by atoms with Gasteiger partial charge in [-0.2, -0.15) is 5.10 Å². The van der Waals surface area contributed by atoms with Crippen molar-refractivity contribution in [2.75, 3.05) is 7.05 Å². The summed E-state index contributed by atoms with van der Waals surface area (Å²) in [5.74, 6) is 0. The molecule has 1 atom stereocenters. The first-order valence-corrected chi connectivity index (χ1v) is 6.51. The average molecular weight is 237 g/mol. The van der Waals surface area contributed by atoms with E-state index in [0.717, 1.165) is 13.0 Å². The van der Waals surface area contributed by atoms with Gasteiger partial charge in [0.05, 0.1) is 12.2 Å². The van der Waals surface area contributed by atoms with E-state index in [9.17, 15) is 0 Å². The van der Waals surface area contributed by atoms with Gasteiger partial charge in [-0.15, -0.1) is 0 Å². The molecule has 0 aliphatic carbocycles. The number of aromatic nitrogens is 2. The van der Waals surface area contributed by atoms with Crippen LogP contribution in [0.4, 0.5) is 0 Å². The first-order valence-electron chi connectivity index (χ1n) is 6.51. The van der Waals surface area contributed by atoms with E-state index in [4.69, 9.17) is 0 Å². The van der Waals surface area contributed by atoms with Crippen LogP contribution in [-0.2, 0) is 13.0 Å². The molecular weight excluding hydrogens is 210 g/mol. The summed E-state index contributed by atoms with van der Waals surface area (Å²) in [6, 6.07) is 0.435. The normalized spacial score (nSPS) is 14.1. The number of hydrogen-bond donors (Lipinski definition) is 1. The van der Waals surface area contributed by atoms with E-state index >= 15 is 0 Å². The third-order valence-electron chi connectivity index (χ3n) is 3.63. The molecule has 0 spiro atoms. The van der Waals surface area contributed by atoms with Crippen LogP contribution in [0.1, 0.15) is 44.6 Å². The van der Waals surface area contributed by atoms with E-state index < -0.39 is 0 Å². The van der Waals surface area contributed by atoms with Crippen molar-refractivity contribution in [2.45, 2.75) is 60.5 Å². The maximum atomic E-state index is 4.66. The molecule has 1 N–H and O–H groups in total. The lowest BCUT2D eigenvalue weighted by atomic mass is 9.87. The van der Waals surface area contributed by atoms with Gasteiger partial charge in [0.2, 0.25) is 0 Å². The molecule has 1 unspecified atom stereocenters. The zero-order valence-corrected chi connectivity index (χ0v) is 12.4. The number of likely N-dealkylation sites (N-methyl/N-ethyl adjacent to an activating group) is 1. The van der Waals surface area contributed by atoms with Gasteiger partial charge in [-0.3, -0.25) is 4.68 Å². The van der Waals surface area contributed by atoms with Crippen LogP contribution in [0.25, 0.3) is 0 Å². The highest BCUT2D eigenvalue weighted by Crippen LogP contribution is 2.22. The summed E-state index contributed by atoms with van der Waals surface area (Å²) in [6.45, 7) is 14.2. The van der Waals surface area contributed by atoms with Crippen LogP contribution < -0.4 is 5.32 Å². The van der Waals surface area contributed by atoms with Crippen molar-refractivity contribution >= 4 is 0 Å². The maximum absolute atomic E-state index is 4.66. The molecule has 0 aromatic carbocycles. The fraction of sp³-hybridized carbons (Fsp3) is 0.786. The van der Waals surface area contributed by atoms with Gasteiger partial charge in [0.25, 0.3) is 0 Å². The minimum absolute atomic E-state index is 0.243. The van der Waals surface area contributed by atoms with Crippen LogP contribution in [0.5, 0.6) is 0 Å². The molecule has 1 aromatic heterocycles. The van der Waals surface area contributed by atoms with E-state index in [2.05, 4.69) is 56.6 Å². The molecule has 0 fully saturated rings. The topological polar surface area (TPSA) is 29.9 Å². The van der Waals surface area contributed by atoms with Gasteiger partial charge < -0.3 is 5.32 Å². The summed E-state index contributed by atoms with van der Waals surface area (Å²) >= 11 is 0. The Hall–Kier alpha value is -0.830. The first-order chi connectivity index (χ1) is 7.81. The maximum Gasteiger partial charge on any atom is 0.0628 e. The monoisotopic (exact) mass is 237 g/mol. The molecule has 0 saturated heterocycles. The predicted molar refractivity (Wildman–Crippen MR) is 73.4 cm³/mol. The standard InChI is InChI=1S/C14H27N3/c1-8-12-10(2)16-17(11(12)3)9-13(15-7)14(4,5)6/h13,15H,8-9H2,1-7H3. The Bertz CT molecular complexity index is 372. The molecule has 0 bridgehead atoms. The summed E-state index contributed by atoms with van der Waals surface area (Å²) in [5, 5.41) is 8.06. The van der Waals surface area contributed by atoms with Crippen molar-refractivity contribution < 1.29 is 0 Å². The molecule has 0 amide bonds. The second-order valence-corrected chi connectivity index (χ2v) is 5.89. The summed E-state index contributed by atoms with van der Waals surface area (Å²) in [6.07, 6.45) is 1.07. The van der Waals surface area contributed by atoms with Crippen molar-refractivity contribution in [1.29, 1.82) is 0 Å². The highest BCUT2D eigenvalue weighted by Gasteiger charge is 2.24. The molecule has 1 aromatic rings. The van der Waals surface area contributed by atoms with Crippen LogP contribution in [0, 0.1) is 19.3 Å². The number of rotatable bonds is 4. The Morgan fingerprint density at radius 2 is 1.88 bits per heavy atom. The fourth-order valence-corrected chi connectivity index (χ4v) is 2.39. The summed E-state index contributed by atoms with van der Waals surface area (Å²) in [7, 11) is 2.03. The Kier molecular flexibility index (Phi) is 4.36. The SMILES string of the molecule is CCc1c(C)nn(CC(NC)C(C)(C)C)c1C. The number of nitrogens with one attached hydrogen (secondary N) is 1. The zero-order valence-electron chi connectivity index (χ0n) is 12.4. The summed E-state index contributed by atoms with van der Waals surface area (Å²) in [5.41, 5.74) is 4.13. The van der Waals surface area contributed by atoms with Gasteiger partial charge in [0.15, 0.2) is 0 Å².